The van der Waals surface area contributed by atoms with Crippen molar-refractivity contribution in [2.45, 2.75) is 45.1 Å². The second-order valence-electron chi connectivity index (χ2n) is 5.02. The smallest absolute Gasteiger partial charge is 0.237 e. The van der Waals surface area contributed by atoms with Gasteiger partial charge in [-0.05, 0) is 19.4 Å². The van der Waals surface area contributed by atoms with Crippen LogP contribution >= 0.6 is 23.7 Å². The van der Waals surface area contributed by atoms with Crippen LogP contribution in [0.5, 0.6) is 0 Å². The molecule has 4 nitrogen and oxygen atoms in total. The molecule has 1 aliphatic heterocycles. The number of carbonyl (C=O) groups is 1. The fourth-order valence-electron chi connectivity index (χ4n) is 2.05. The number of nitrogens with one attached hydrogen (secondary N) is 2. The third-order valence-corrected chi connectivity index (χ3v) is 4.31. The number of thiazole rings is 1. The number of hydrogen-bond donors (Lipinski definition) is 2. The van der Waals surface area contributed by atoms with Crippen LogP contribution in [0.2, 0.25) is 0 Å². The minimum atomic E-state index is 0. The van der Waals surface area contributed by atoms with Crippen LogP contribution in [0, 0.1) is 0 Å². The maximum Gasteiger partial charge on any atom is 0.237 e. The first-order valence-electron chi connectivity index (χ1n) is 6.62. The van der Waals surface area contributed by atoms with E-state index in [1.54, 1.807) is 11.3 Å². The highest BCUT2D eigenvalue weighted by molar-refractivity contribution is 7.09. The minimum Gasteiger partial charge on any atom is -0.354 e. The maximum atomic E-state index is 11.8. The molecule has 108 valence electrons. The fourth-order valence-corrected chi connectivity index (χ4v) is 2.92. The summed E-state index contributed by atoms with van der Waals surface area (Å²) in [6.45, 7) is 5.94. The number of nitrogens with zero attached hydrogens (tertiary/aromatic N) is 1. The van der Waals surface area contributed by atoms with Gasteiger partial charge in [0.05, 0.1) is 16.7 Å². The van der Waals surface area contributed by atoms with Gasteiger partial charge in [0.2, 0.25) is 5.91 Å². The highest BCUT2D eigenvalue weighted by atomic mass is 35.5. The molecule has 0 radical (unpaired) electrons. The largest absolute Gasteiger partial charge is 0.354 e. The topological polar surface area (TPSA) is 54.0 Å². The van der Waals surface area contributed by atoms with Gasteiger partial charge in [0, 0.05) is 24.3 Å². The van der Waals surface area contributed by atoms with Gasteiger partial charge in [-0.15, -0.1) is 23.7 Å². The van der Waals surface area contributed by atoms with Crippen LogP contribution < -0.4 is 10.6 Å². The molecule has 0 bridgehead atoms. The predicted octanol–water partition coefficient (Wildman–Crippen LogP) is 2.10. The number of amides is 1. The number of rotatable bonds is 5. The van der Waals surface area contributed by atoms with E-state index in [1.807, 2.05) is 0 Å². The van der Waals surface area contributed by atoms with E-state index in [9.17, 15) is 4.79 Å². The van der Waals surface area contributed by atoms with Crippen molar-refractivity contribution in [1.29, 1.82) is 0 Å². The summed E-state index contributed by atoms with van der Waals surface area (Å²) in [6.07, 6.45) is 2.88. The lowest BCUT2D eigenvalue weighted by Crippen LogP contribution is -2.41. The average Bonchev–Trinajstić information content (AvgIpc) is 3.00. The van der Waals surface area contributed by atoms with E-state index in [0.717, 1.165) is 31.5 Å². The highest BCUT2D eigenvalue weighted by Gasteiger charge is 2.21. The second kappa shape index (κ2) is 7.82. The van der Waals surface area contributed by atoms with E-state index in [1.165, 1.54) is 5.01 Å². The lowest BCUT2D eigenvalue weighted by atomic mass is 10.2. The Labute approximate surface area is 124 Å². The maximum absolute atomic E-state index is 11.8. The third kappa shape index (κ3) is 4.75. The molecule has 1 amide bonds. The monoisotopic (exact) mass is 303 g/mol. The Morgan fingerprint density at radius 2 is 2.42 bits per heavy atom. The summed E-state index contributed by atoms with van der Waals surface area (Å²) >= 11 is 1.71. The molecule has 2 N–H and O–H groups in total. The Bertz CT molecular complexity index is 402. The van der Waals surface area contributed by atoms with Gasteiger partial charge in [-0.25, -0.2) is 4.98 Å². The SMILES string of the molecule is CC(C)c1nc(CCNC(=O)[C@@H]2CCCN2)cs1.Cl. The zero-order valence-electron chi connectivity index (χ0n) is 11.4. The zero-order chi connectivity index (χ0) is 13.0. The Hall–Kier alpha value is -0.650. The Morgan fingerprint density at radius 1 is 1.63 bits per heavy atom. The molecular formula is C13H22ClN3OS. The van der Waals surface area contributed by atoms with Crippen molar-refractivity contribution in [2.75, 3.05) is 13.1 Å². The van der Waals surface area contributed by atoms with Gasteiger partial charge in [-0.2, -0.15) is 0 Å². The van der Waals surface area contributed by atoms with E-state index in [-0.39, 0.29) is 24.4 Å². The van der Waals surface area contributed by atoms with E-state index >= 15 is 0 Å². The Kier molecular flexibility index (Phi) is 6.75. The summed E-state index contributed by atoms with van der Waals surface area (Å²) in [5, 5.41) is 9.44. The van der Waals surface area contributed by atoms with E-state index < -0.39 is 0 Å². The first-order chi connectivity index (χ1) is 8.66. The molecule has 6 heteroatoms. The lowest BCUT2D eigenvalue weighted by Gasteiger charge is -2.10. The molecule has 1 aromatic rings. The van der Waals surface area contributed by atoms with Crippen LogP contribution in [0.25, 0.3) is 0 Å². The fraction of sp³-hybridized carbons (Fsp3) is 0.692. The minimum absolute atomic E-state index is 0. The predicted molar refractivity (Wildman–Crippen MR) is 81.2 cm³/mol. The van der Waals surface area contributed by atoms with Gasteiger partial charge < -0.3 is 10.6 Å². The standard InChI is InChI=1S/C13H21N3OS.ClH/c1-9(2)13-16-10(8-18-13)5-7-15-12(17)11-4-3-6-14-11;/h8-9,11,14H,3-7H2,1-2H3,(H,15,17);1H/t11-;/m0./s1. The van der Waals surface area contributed by atoms with Crippen LogP contribution in [-0.4, -0.2) is 30.0 Å². The van der Waals surface area contributed by atoms with Crippen LogP contribution in [0.1, 0.15) is 43.3 Å². The van der Waals surface area contributed by atoms with Crippen LogP contribution in [0.15, 0.2) is 5.38 Å². The summed E-state index contributed by atoms with van der Waals surface area (Å²) in [5.74, 6) is 0.618. The molecule has 0 aromatic carbocycles. The molecule has 1 aliphatic rings. The van der Waals surface area contributed by atoms with Gasteiger partial charge >= 0.3 is 0 Å². The summed E-state index contributed by atoms with van der Waals surface area (Å²) in [4.78, 5) is 16.3. The molecule has 2 rings (SSSR count). The third-order valence-electron chi connectivity index (χ3n) is 3.12. The molecule has 1 aromatic heterocycles. The number of carbonyl (C=O) groups excluding carboxylic acids is 1. The van der Waals surface area contributed by atoms with Crippen molar-refractivity contribution >= 4 is 29.7 Å². The van der Waals surface area contributed by atoms with Crippen LogP contribution in [0.4, 0.5) is 0 Å². The second-order valence-corrected chi connectivity index (χ2v) is 5.91. The molecule has 0 spiro atoms. The molecule has 2 heterocycles. The first kappa shape index (κ1) is 16.4. The van der Waals surface area contributed by atoms with E-state index in [4.69, 9.17) is 0 Å². The highest BCUT2D eigenvalue weighted by Crippen LogP contribution is 2.19. The molecule has 0 unspecified atom stereocenters. The molecule has 1 fully saturated rings. The van der Waals surface area contributed by atoms with Gasteiger partial charge in [0.15, 0.2) is 0 Å². The van der Waals surface area contributed by atoms with Crippen molar-refractivity contribution in [1.82, 2.24) is 15.6 Å². The van der Waals surface area contributed by atoms with Crippen molar-refractivity contribution in [2.24, 2.45) is 0 Å². The summed E-state index contributed by atoms with van der Waals surface area (Å²) in [5.41, 5.74) is 1.09. The quantitative estimate of drug-likeness (QED) is 0.876. The zero-order valence-corrected chi connectivity index (χ0v) is 13.1. The van der Waals surface area contributed by atoms with Gasteiger partial charge in [0.25, 0.3) is 0 Å². The average molecular weight is 304 g/mol. The van der Waals surface area contributed by atoms with E-state index in [2.05, 4.69) is 34.8 Å². The van der Waals surface area contributed by atoms with Gasteiger partial charge in [-0.3, -0.25) is 4.79 Å². The Morgan fingerprint density at radius 3 is 3.00 bits per heavy atom. The van der Waals surface area contributed by atoms with Crippen molar-refractivity contribution in [3.05, 3.63) is 16.1 Å². The summed E-state index contributed by atoms with van der Waals surface area (Å²) in [7, 11) is 0. The van der Waals surface area contributed by atoms with Gasteiger partial charge in [0.1, 0.15) is 0 Å². The molecule has 19 heavy (non-hydrogen) atoms. The normalized spacial score (nSPS) is 18.4. The summed E-state index contributed by atoms with van der Waals surface area (Å²) in [6, 6.07) is 0.0201. The molecule has 1 atom stereocenters. The molecule has 1 saturated heterocycles. The number of hydrogen-bond acceptors (Lipinski definition) is 4. The molecule has 0 aliphatic carbocycles. The number of halogens is 1. The van der Waals surface area contributed by atoms with E-state index in [0.29, 0.717) is 12.5 Å². The van der Waals surface area contributed by atoms with Crippen molar-refractivity contribution in [3.63, 3.8) is 0 Å². The van der Waals surface area contributed by atoms with Crippen LogP contribution in [-0.2, 0) is 11.2 Å². The van der Waals surface area contributed by atoms with Gasteiger partial charge in [-0.1, -0.05) is 13.8 Å². The Balaban J connectivity index is 0.00000180. The summed E-state index contributed by atoms with van der Waals surface area (Å²) < 4.78 is 0. The molecular weight excluding hydrogens is 282 g/mol. The first-order valence-corrected chi connectivity index (χ1v) is 7.50. The molecule has 0 saturated carbocycles. The van der Waals surface area contributed by atoms with Crippen LogP contribution in [0.3, 0.4) is 0 Å². The lowest BCUT2D eigenvalue weighted by molar-refractivity contribution is -0.122. The van der Waals surface area contributed by atoms with Crippen molar-refractivity contribution in [3.8, 4) is 0 Å². The van der Waals surface area contributed by atoms with Crippen molar-refractivity contribution < 1.29 is 4.79 Å². The number of aromatic nitrogens is 1.